The Balaban J connectivity index is 1.76. The number of hydrogen-bond acceptors (Lipinski definition) is 3. The second kappa shape index (κ2) is 8.25. The minimum Gasteiger partial charge on any atom is -0.497 e. The molecule has 5 nitrogen and oxygen atoms in total. The average molecular weight is 398 g/mol. The average Bonchev–Trinajstić information content (AvgIpc) is 2.77. The van der Waals surface area contributed by atoms with Crippen molar-refractivity contribution in [3.8, 4) is 5.75 Å². The summed E-state index contributed by atoms with van der Waals surface area (Å²) in [6.07, 6.45) is 0. The predicted octanol–water partition coefficient (Wildman–Crippen LogP) is 4.69. The van der Waals surface area contributed by atoms with Crippen molar-refractivity contribution in [2.45, 2.75) is 13.5 Å². The first-order chi connectivity index (χ1) is 14.5. The maximum absolute atomic E-state index is 13.4. The number of H-pyrrole nitrogens is 1. The molecule has 0 unspecified atom stereocenters. The van der Waals surface area contributed by atoms with E-state index in [0.717, 1.165) is 22.2 Å². The second-order valence-electron chi connectivity index (χ2n) is 7.17. The van der Waals surface area contributed by atoms with Crippen LogP contribution in [0.3, 0.4) is 0 Å². The van der Waals surface area contributed by atoms with Gasteiger partial charge in [-0.25, -0.2) is 0 Å². The van der Waals surface area contributed by atoms with Crippen LogP contribution in [-0.4, -0.2) is 18.0 Å². The molecule has 0 aliphatic carbocycles. The van der Waals surface area contributed by atoms with Gasteiger partial charge in [-0.3, -0.25) is 9.59 Å². The van der Waals surface area contributed by atoms with E-state index < -0.39 is 0 Å². The van der Waals surface area contributed by atoms with Crippen LogP contribution in [-0.2, 0) is 6.54 Å². The Hall–Kier alpha value is -3.86. The first kappa shape index (κ1) is 19.5. The van der Waals surface area contributed by atoms with Gasteiger partial charge in [0, 0.05) is 22.3 Å². The lowest BCUT2D eigenvalue weighted by Crippen LogP contribution is -2.33. The molecule has 0 bridgehead atoms. The number of carbonyl (C=O) groups is 1. The Morgan fingerprint density at radius 2 is 1.73 bits per heavy atom. The third-order valence-electron chi connectivity index (χ3n) is 5.05. The van der Waals surface area contributed by atoms with Gasteiger partial charge in [-0.15, -0.1) is 0 Å². The van der Waals surface area contributed by atoms with E-state index in [0.29, 0.717) is 16.9 Å². The topological polar surface area (TPSA) is 62.4 Å². The monoisotopic (exact) mass is 398 g/mol. The second-order valence-corrected chi connectivity index (χ2v) is 7.17. The van der Waals surface area contributed by atoms with Gasteiger partial charge in [0.25, 0.3) is 11.5 Å². The van der Waals surface area contributed by atoms with E-state index in [2.05, 4.69) is 4.98 Å². The molecule has 1 amide bonds. The van der Waals surface area contributed by atoms with Gasteiger partial charge in [-0.2, -0.15) is 0 Å². The molecule has 5 heteroatoms. The highest BCUT2D eigenvalue weighted by molar-refractivity contribution is 6.06. The number of nitrogens with one attached hydrogen (secondary N) is 1. The number of benzene rings is 3. The summed E-state index contributed by atoms with van der Waals surface area (Å²) < 4.78 is 5.19. The number of aryl methyl sites for hydroxylation is 1. The highest BCUT2D eigenvalue weighted by atomic mass is 16.5. The highest BCUT2D eigenvalue weighted by Crippen LogP contribution is 2.23. The number of aromatic nitrogens is 1. The summed E-state index contributed by atoms with van der Waals surface area (Å²) >= 11 is 0. The van der Waals surface area contributed by atoms with Crippen LogP contribution in [0.25, 0.3) is 10.9 Å². The molecule has 30 heavy (non-hydrogen) atoms. The Bertz CT molecular complexity index is 1260. The molecule has 0 aliphatic rings. The highest BCUT2D eigenvalue weighted by Gasteiger charge is 2.20. The van der Waals surface area contributed by atoms with Crippen LogP contribution in [0.15, 0.2) is 83.7 Å². The maximum Gasteiger partial charge on any atom is 0.258 e. The number of pyridine rings is 1. The van der Waals surface area contributed by atoms with Crippen molar-refractivity contribution in [1.82, 2.24) is 4.98 Å². The summed E-state index contributed by atoms with van der Waals surface area (Å²) in [6, 6.07) is 24.1. The van der Waals surface area contributed by atoms with Crippen molar-refractivity contribution in [2.24, 2.45) is 0 Å². The molecule has 150 valence electrons. The van der Waals surface area contributed by atoms with Crippen molar-refractivity contribution in [1.29, 1.82) is 0 Å². The largest absolute Gasteiger partial charge is 0.497 e. The zero-order valence-corrected chi connectivity index (χ0v) is 16.9. The quantitative estimate of drug-likeness (QED) is 0.530. The normalized spacial score (nSPS) is 10.7. The predicted molar refractivity (Wildman–Crippen MR) is 119 cm³/mol. The van der Waals surface area contributed by atoms with E-state index in [9.17, 15) is 9.59 Å². The Morgan fingerprint density at radius 3 is 2.47 bits per heavy atom. The van der Waals surface area contributed by atoms with Crippen molar-refractivity contribution in [3.05, 3.63) is 106 Å². The number of fused-ring (bicyclic) bond motifs is 1. The van der Waals surface area contributed by atoms with Crippen LogP contribution < -0.4 is 15.2 Å². The molecule has 3 aromatic carbocycles. The molecule has 0 spiro atoms. The minimum absolute atomic E-state index is 0.161. The standard InChI is InChI=1S/C25H22N2O3/c1-17-6-5-8-21(14-17)27(25(29)18-10-12-22(30-2)13-11-18)16-20-15-19-7-3-4-9-23(19)26-24(20)28/h3-15H,16H2,1-2H3,(H,26,28). The zero-order valence-electron chi connectivity index (χ0n) is 16.9. The van der Waals surface area contributed by atoms with Crippen LogP contribution in [0.5, 0.6) is 5.75 Å². The van der Waals surface area contributed by atoms with E-state index in [1.807, 2.05) is 61.5 Å². The number of aromatic amines is 1. The van der Waals surface area contributed by atoms with E-state index in [4.69, 9.17) is 4.74 Å². The smallest absolute Gasteiger partial charge is 0.258 e. The summed E-state index contributed by atoms with van der Waals surface area (Å²) in [5.74, 6) is 0.496. The van der Waals surface area contributed by atoms with Gasteiger partial charge in [-0.05, 0) is 66.4 Å². The van der Waals surface area contributed by atoms with Crippen molar-refractivity contribution in [2.75, 3.05) is 12.0 Å². The molecular formula is C25H22N2O3. The number of anilines is 1. The number of nitrogens with zero attached hydrogens (tertiary/aromatic N) is 1. The van der Waals surface area contributed by atoms with E-state index >= 15 is 0 Å². The molecule has 1 aromatic heterocycles. The van der Waals surface area contributed by atoms with Crippen LogP contribution in [0.4, 0.5) is 5.69 Å². The van der Waals surface area contributed by atoms with Gasteiger partial charge in [0.05, 0.1) is 13.7 Å². The van der Waals surface area contributed by atoms with Gasteiger partial charge in [-0.1, -0.05) is 30.3 Å². The van der Waals surface area contributed by atoms with Crippen molar-refractivity contribution < 1.29 is 9.53 Å². The van der Waals surface area contributed by atoms with E-state index in [1.165, 1.54) is 0 Å². The molecule has 0 atom stereocenters. The molecule has 0 aliphatic heterocycles. The fourth-order valence-electron chi connectivity index (χ4n) is 3.45. The fourth-order valence-corrected chi connectivity index (χ4v) is 3.45. The minimum atomic E-state index is -0.200. The van der Waals surface area contributed by atoms with Crippen molar-refractivity contribution >= 4 is 22.5 Å². The van der Waals surface area contributed by atoms with Crippen molar-refractivity contribution in [3.63, 3.8) is 0 Å². The molecular weight excluding hydrogens is 376 g/mol. The zero-order chi connectivity index (χ0) is 21.1. The van der Waals surface area contributed by atoms with Gasteiger partial charge in [0.1, 0.15) is 5.75 Å². The first-order valence-electron chi connectivity index (χ1n) is 9.69. The fraction of sp³-hybridized carbons (Fsp3) is 0.120. The van der Waals surface area contributed by atoms with Crippen LogP contribution in [0, 0.1) is 6.92 Å². The Labute approximate surface area is 174 Å². The number of rotatable bonds is 5. The number of amides is 1. The summed E-state index contributed by atoms with van der Waals surface area (Å²) in [5, 5.41) is 0.924. The first-order valence-corrected chi connectivity index (χ1v) is 9.69. The molecule has 0 saturated carbocycles. The van der Waals surface area contributed by atoms with E-state index in [1.54, 1.807) is 36.3 Å². The molecule has 0 radical (unpaired) electrons. The van der Waals surface area contributed by atoms with Crippen LogP contribution in [0.1, 0.15) is 21.5 Å². The van der Waals surface area contributed by atoms with Crippen LogP contribution >= 0.6 is 0 Å². The Morgan fingerprint density at radius 1 is 0.967 bits per heavy atom. The maximum atomic E-state index is 13.4. The summed E-state index contributed by atoms with van der Waals surface area (Å²) in [5.41, 5.74) is 3.39. The summed E-state index contributed by atoms with van der Waals surface area (Å²) in [6.45, 7) is 2.14. The number of carbonyl (C=O) groups excluding carboxylic acids is 1. The summed E-state index contributed by atoms with van der Waals surface area (Å²) in [4.78, 5) is 30.7. The lowest BCUT2D eigenvalue weighted by molar-refractivity contribution is 0.0985. The molecule has 1 heterocycles. The van der Waals surface area contributed by atoms with Gasteiger partial charge >= 0.3 is 0 Å². The van der Waals surface area contributed by atoms with Gasteiger partial charge < -0.3 is 14.6 Å². The van der Waals surface area contributed by atoms with Gasteiger partial charge in [0.15, 0.2) is 0 Å². The number of hydrogen-bond donors (Lipinski definition) is 1. The molecule has 0 fully saturated rings. The number of ether oxygens (including phenoxy) is 1. The SMILES string of the molecule is COc1ccc(C(=O)N(Cc2cc3ccccc3[nH]c2=O)c2cccc(C)c2)cc1. The lowest BCUT2D eigenvalue weighted by Gasteiger charge is -2.23. The number of para-hydroxylation sites is 1. The third kappa shape index (κ3) is 3.96. The lowest BCUT2D eigenvalue weighted by atomic mass is 10.1. The molecule has 4 aromatic rings. The number of methoxy groups -OCH3 is 1. The molecule has 1 N–H and O–H groups in total. The molecule has 0 saturated heterocycles. The van der Waals surface area contributed by atoms with Crippen LogP contribution in [0.2, 0.25) is 0 Å². The third-order valence-corrected chi connectivity index (χ3v) is 5.05. The van der Waals surface area contributed by atoms with E-state index in [-0.39, 0.29) is 18.0 Å². The summed E-state index contributed by atoms with van der Waals surface area (Å²) in [7, 11) is 1.59. The van der Waals surface area contributed by atoms with Gasteiger partial charge in [0.2, 0.25) is 0 Å². The Kier molecular flexibility index (Phi) is 5.35. The molecule has 4 rings (SSSR count).